The third kappa shape index (κ3) is 4.61. The number of ether oxygens (including phenoxy) is 1. The lowest BCUT2D eigenvalue weighted by Gasteiger charge is -2.10. The predicted molar refractivity (Wildman–Crippen MR) is 79.1 cm³/mol. The number of anilines is 1. The highest BCUT2D eigenvalue weighted by atomic mass is 32.1. The summed E-state index contributed by atoms with van der Waals surface area (Å²) >= 11 is 4.94. The van der Waals surface area contributed by atoms with Crippen molar-refractivity contribution in [2.24, 2.45) is 11.7 Å². The molecule has 4 nitrogen and oxygen atoms in total. The van der Waals surface area contributed by atoms with E-state index in [1.165, 1.54) is 12.8 Å². The normalized spacial score (nSPS) is 14.1. The fourth-order valence-electron chi connectivity index (χ4n) is 1.81. The lowest BCUT2D eigenvalue weighted by molar-refractivity contribution is -0.120. The maximum atomic E-state index is 11.7. The van der Waals surface area contributed by atoms with Gasteiger partial charge in [0, 0.05) is 12.2 Å². The summed E-state index contributed by atoms with van der Waals surface area (Å²) in [6.07, 6.45) is 3.66. The largest absolute Gasteiger partial charge is 0.389 e. The van der Waals surface area contributed by atoms with Gasteiger partial charge in [-0.3, -0.25) is 4.79 Å². The number of nitrogens with two attached hydrogens (primary N) is 1. The molecule has 0 spiro atoms. The number of benzene rings is 1. The van der Waals surface area contributed by atoms with E-state index < -0.39 is 0 Å². The summed E-state index contributed by atoms with van der Waals surface area (Å²) in [5.74, 6) is 0.637. The van der Waals surface area contributed by atoms with Crippen molar-refractivity contribution in [1.29, 1.82) is 0 Å². The number of carbonyl (C=O) groups is 1. The standard InChI is InChI=1S/C14H18N2O2S/c15-14(19)11-3-1-2-4-12(11)16-13(17)9-18-8-7-10-5-6-10/h1-4,10H,5-9H2,(H2,15,19)(H,16,17). The molecule has 0 unspecified atom stereocenters. The lowest BCUT2D eigenvalue weighted by atomic mass is 10.2. The molecule has 102 valence electrons. The van der Waals surface area contributed by atoms with Crippen molar-refractivity contribution in [3.05, 3.63) is 29.8 Å². The molecule has 2 rings (SSSR count). The van der Waals surface area contributed by atoms with Crippen LogP contribution >= 0.6 is 12.2 Å². The van der Waals surface area contributed by atoms with Crippen LogP contribution in [0.1, 0.15) is 24.8 Å². The van der Waals surface area contributed by atoms with E-state index in [1.54, 1.807) is 12.1 Å². The Hall–Kier alpha value is -1.46. The van der Waals surface area contributed by atoms with Crippen molar-refractivity contribution >= 4 is 28.8 Å². The van der Waals surface area contributed by atoms with Crippen LogP contribution < -0.4 is 11.1 Å². The Morgan fingerprint density at radius 3 is 2.84 bits per heavy atom. The van der Waals surface area contributed by atoms with Gasteiger partial charge in [0.2, 0.25) is 5.91 Å². The van der Waals surface area contributed by atoms with Crippen LogP contribution in [0, 0.1) is 5.92 Å². The van der Waals surface area contributed by atoms with Gasteiger partial charge in [0.1, 0.15) is 11.6 Å². The number of carbonyl (C=O) groups excluding carboxylic acids is 1. The Morgan fingerprint density at radius 1 is 1.42 bits per heavy atom. The molecule has 1 fully saturated rings. The van der Waals surface area contributed by atoms with Crippen molar-refractivity contribution in [2.75, 3.05) is 18.5 Å². The van der Waals surface area contributed by atoms with Gasteiger partial charge in [0.05, 0.1) is 5.69 Å². The van der Waals surface area contributed by atoms with E-state index in [-0.39, 0.29) is 17.5 Å². The zero-order valence-electron chi connectivity index (χ0n) is 10.7. The fourth-order valence-corrected chi connectivity index (χ4v) is 1.99. The molecule has 0 heterocycles. The topological polar surface area (TPSA) is 64.3 Å². The summed E-state index contributed by atoms with van der Waals surface area (Å²) in [7, 11) is 0. The fraction of sp³-hybridized carbons (Fsp3) is 0.429. The third-order valence-electron chi connectivity index (χ3n) is 3.07. The van der Waals surface area contributed by atoms with Crippen LogP contribution in [0.25, 0.3) is 0 Å². The highest BCUT2D eigenvalue weighted by molar-refractivity contribution is 7.80. The van der Waals surface area contributed by atoms with Gasteiger partial charge in [-0.25, -0.2) is 0 Å². The van der Waals surface area contributed by atoms with Gasteiger partial charge in [-0.05, 0) is 24.5 Å². The number of thiocarbonyl (C=S) groups is 1. The quantitative estimate of drug-likeness (QED) is 0.592. The van der Waals surface area contributed by atoms with Crippen LogP contribution in [-0.4, -0.2) is 24.1 Å². The van der Waals surface area contributed by atoms with Crippen molar-refractivity contribution in [1.82, 2.24) is 0 Å². The zero-order valence-corrected chi connectivity index (χ0v) is 11.5. The summed E-state index contributed by atoms with van der Waals surface area (Å²) in [5, 5.41) is 2.76. The van der Waals surface area contributed by atoms with Crippen LogP contribution in [0.4, 0.5) is 5.69 Å². The summed E-state index contributed by atoms with van der Waals surface area (Å²) < 4.78 is 5.34. The van der Waals surface area contributed by atoms with Crippen LogP contribution in [0.5, 0.6) is 0 Å². The minimum Gasteiger partial charge on any atom is -0.389 e. The Balaban J connectivity index is 1.78. The molecule has 0 aliphatic heterocycles. The zero-order chi connectivity index (χ0) is 13.7. The molecular weight excluding hydrogens is 260 g/mol. The molecule has 19 heavy (non-hydrogen) atoms. The van der Waals surface area contributed by atoms with Crippen molar-refractivity contribution in [3.63, 3.8) is 0 Å². The molecule has 1 aromatic carbocycles. The monoisotopic (exact) mass is 278 g/mol. The predicted octanol–water partition coefficient (Wildman–Crippen LogP) is 2.08. The van der Waals surface area contributed by atoms with Crippen molar-refractivity contribution in [3.8, 4) is 0 Å². The summed E-state index contributed by atoms with van der Waals surface area (Å²) in [4.78, 5) is 12.0. The molecule has 1 aliphatic rings. The van der Waals surface area contributed by atoms with Gasteiger partial charge >= 0.3 is 0 Å². The Bertz CT molecular complexity index is 472. The average Bonchev–Trinajstić information content (AvgIpc) is 3.19. The maximum absolute atomic E-state index is 11.7. The van der Waals surface area contributed by atoms with Gasteiger partial charge in [-0.15, -0.1) is 0 Å². The van der Waals surface area contributed by atoms with E-state index in [0.29, 0.717) is 17.9 Å². The molecule has 1 aliphatic carbocycles. The molecule has 1 aromatic rings. The first-order valence-electron chi connectivity index (χ1n) is 6.43. The van der Waals surface area contributed by atoms with Crippen molar-refractivity contribution in [2.45, 2.75) is 19.3 Å². The molecule has 0 saturated heterocycles. The number of amides is 1. The summed E-state index contributed by atoms with van der Waals surface area (Å²) in [6.45, 7) is 0.716. The third-order valence-corrected chi connectivity index (χ3v) is 3.29. The molecule has 0 radical (unpaired) electrons. The minimum atomic E-state index is -0.181. The van der Waals surface area contributed by atoms with Gasteiger partial charge in [-0.2, -0.15) is 0 Å². The lowest BCUT2D eigenvalue weighted by Crippen LogP contribution is -2.21. The minimum absolute atomic E-state index is 0.0678. The van der Waals surface area contributed by atoms with E-state index in [9.17, 15) is 4.79 Å². The van der Waals surface area contributed by atoms with Crippen LogP contribution in [-0.2, 0) is 9.53 Å². The van der Waals surface area contributed by atoms with E-state index in [2.05, 4.69) is 5.32 Å². The second kappa shape index (κ2) is 6.63. The number of rotatable bonds is 7. The number of nitrogens with one attached hydrogen (secondary N) is 1. The molecule has 0 bridgehead atoms. The first kappa shape index (κ1) is 14.0. The molecule has 1 saturated carbocycles. The molecule has 5 heteroatoms. The van der Waals surface area contributed by atoms with E-state index in [4.69, 9.17) is 22.7 Å². The second-order valence-electron chi connectivity index (χ2n) is 4.74. The summed E-state index contributed by atoms with van der Waals surface area (Å²) in [5.41, 5.74) is 6.90. The number of hydrogen-bond donors (Lipinski definition) is 2. The molecule has 3 N–H and O–H groups in total. The first-order chi connectivity index (χ1) is 9.16. The molecule has 1 amide bonds. The first-order valence-corrected chi connectivity index (χ1v) is 6.84. The maximum Gasteiger partial charge on any atom is 0.250 e. The van der Waals surface area contributed by atoms with E-state index in [1.807, 2.05) is 12.1 Å². The van der Waals surface area contributed by atoms with Gasteiger partial charge in [0.25, 0.3) is 0 Å². The van der Waals surface area contributed by atoms with Gasteiger partial charge < -0.3 is 15.8 Å². The van der Waals surface area contributed by atoms with Crippen LogP contribution in [0.3, 0.4) is 0 Å². The average molecular weight is 278 g/mol. The van der Waals surface area contributed by atoms with Crippen LogP contribution in [0.2, 0.25) is 0 Å². The molecular formula is C14H18N2O2S. The Kier molecular flexibility index (Phi) is 4.87. The smallest absolute Gasteiger partial charge is 0.250 e. The van der Waals surface area contributed by atoms with Crippen LogP contribution in [0.15, 0.2) is 24.3 Å². The Labute approximate surface area is 118 Å². The number of para-hydroxylation sites is 1. The highest BCUT2D eigenvalue weighted by Crippen LogP contribution is 2.32. The summed E-state index contributed by atoms with van der Waals surface area (Å²) in [6, 6.07) is 7.21. The molecule has 0 aromatic heterocycles. The second-order valence-corrected chi connectivity index (χ2v) is 5.18. The highest BCUT2D eigenvalue weighted by Gasteiger charge is 2.20. The van der Waals surface area contributed by atoms with E-state index >= 15 is 0 Å². The van der Waals surface area contributed by atoms with E-state index in [0.717, 1.165) is 12.3 Å². The van der Waals surface area contributed by atoms with Gasteiger partial charge in [-0.1, -0.05) is 37.2 Å². The Morgan fingerprint density at radius 2 is 2.16 bits per heavy atom. The van der Waals surface area contributed by atoms with Crippen molar-refractivity contribution < 1.29 is 9.53 Å². The number of hydrogen-bond acceptors (Lipinski definition) is 3. The SMILES string of the molecule is NC(=S)c1ccccc1NC(=O)COCCC1CC1. The van der Waals surface area contributed by atoms with Gasteiger partial charge in [0.15, 0.2) is 0 Å². The molecule has 0 atom stereocenters.